The van der Waals surface area contributed by atoms with Crippen LogP contribution in [-0.4, -0.2) is 22.6 Å². The number of carbonyl (C=O) groups excluding carboxylic acids is 1. The normalized spacial score (nSPS) is 11.0. The summed E-state index contributed by atoms with van der Waals surface area (Å²) in [6, 6.07) is 12.1. The summed E-state index contributed by atoms with van der Waals surface area (Å²) < 4.78 is 20.6. The third kappa shape index (κ3) is 3.25. The van der Waals surface area contributed by atoms with E-state index < -0.39 is 0 Å². The number of fused-ring (bicyclic) bond motifs is 1. The van der Waals surface area contributed by atoms with Crippen molar-refractivity contribution in [2.45, 2.75) is 6.92 Å². The number of methoxy groups -OCH3 is 1. The Morgan fingerprint density at radius 2 is 2.04 bits per heavy atom. The van der Waals surface area contributed by atoms with Crippen molar-refractivity contribution in [3.05, 3.63) is 64.9 Å². The molecular formula is C21H18FN3O2S. The molecule has 4 rings (SSSR count). The highest BCUT2D eigenvalue weighted by molar-refractivity contribution is 7.14. The van der Waals surface area contributed by atoms with Gasteiger partial charge in [0.05, 0.1) is 18.3 Å². The topological polar surface area (TPSA) is 56.1 Å². The van der Waals surface area contributed by atoms with Crippen LogP contribution in [0.2, 0.25) is 0 Å². The largest absolute Gasteiger partial charge is 0.496 e. The van der Waals surface area contributed by atoms with Crippen molar-refractivity contribution >= 4 is 33.3 Å². The van der Waals surface area contributed by atoms with Gasteiger partial charge in [0.1, 0.15) is 17.3 Å². The highest BCUT2D eigenvalue weighted by atomic mass is 32.1. The first-order chi connectivity index (χ1) is 13.5. The number of nitrogens with one attached hydrogen (secondary N) is 1. The number of nitrogens with zero attached hydrogens (tertiary/aromatic N) is 2. The van der Waals surface area contributed by atoms with Gasteiger partial charge in [0.2, 0.25) is 0 Å². The number of benzene rings is 2. The minimum Gasteiger partial charge on any atom is -0.496 e. The van der Waals surface area contributed by atoms with Crippen molar-refractivity contribution in [1.29, 1.82) is 0 Å². The molecule has 0 aliphatic carbocycles. The Labute approximate surface area is 165 Å². The van der Waals surface area contributed by atoms with Gasteiger partial charge in [-0.2, -0.15) is 0 Å². The number of hydrogen-bond donors (Lipinski definition) is 1. The lowest BCUT2D eigenvalue weighted by Crippen LogP contribution is -2.15. The molecule has 0 radical (unpaired) electrons. The zero-order valence-corrected chi connectivity index (χ0v) is 16.4. The van der Waals surface area contributed by atoms with Gasteiger partial charge < -0.3 is 9.30 Å². The second kappa shape index (κ2) is 7.09. The zero-order chi connectivity index (χ0) is 19.8. The number of thiazole rings is 1. The van der Waals surface area contributed by atoms with E-state index in [4.69, 9.17) is 4.74 Å². The van der Waals surface area contributed by atoms with Crippen LogP contribution in [0, 0.1) is 12.7 Å². The van der Waals surface area contributed by atoms with E-state index in [-0.39, 0.29) is 11.7 Å². The second-order valence-corrected chi connectivity index (χ2v) is 7.35. The molecule has 0 bridgehead atoms. The quantitative estimate of drug-likeness (QED) is 0.528. The van der Waals surface area contributed by atoms with E-state index in [0.29, 0.717) is 16.3 Å². The molecule has 5 nitrogen and oxygen atoms in total. The minimum absolute atomic E-state index is 0.295. The maximum atomic E-state index is 13.5. The number of hydrogen-bond acceptors (Lipinski definition) is 4. The monoisotopic (exact) mass is 395 g/mol. The average Bonchev–Trinajstić information content (AvgIpc) is 3.26. The van der Waals surface area contributed by atoms with Crippen molar-refractivity contribution in [3.63, 3.8) is 0 Å². The number of rotatable bonds is 4. The summed E-state index contributed by atoms with van der Waals surface area (Å²) in [5.41, 5.74) is 3.80. The number of aromatic nitrogens is 2. The highest BCUT2D eigenvalue weighted by Gasteiger charge is 2.16. The molecule has 2 aromatic carbocycles. The van der Waals surface area contributed by atoms with Crippen LogP contribution in [0.5, 0.6) is 5.75 Å². The first-order valence-corrected chi connectivity index (χ1v) is 9.51. The van der Waals surface area contributed by atoms with E-state index in [2.05, 4.69) is 10.3 Å². The molecule has 2 heterocycles. The van der Waals surface area contributed by atoms with Crippen molar-refractivity contribution in [2.24, 2.45) is 7.05 Å². The molecule has 4 aromatic rings. The average molecular weight is 395 g/mol. The first kappa shape index (κ1) is 18.2. The van der Waals surface area contributed by atoms with Gasteiger partial charge in [-0.3, -0.25) is 10.1 Å². The predicted octanol–water partition coefficient (Wildman–Crippen LogP) is 5.01. The molecule has 1 N–H and O–H groups in total. The van der Waals surface area contributed by atoms with Crippen molar-refractivity contribution < 1.29 is 13.9 Å². The van der Waals surface area contributed by atoms with Gasteiger partial charge in [0, 0.05) is 23.4 Å². The summed E-state index contributed by atoms with van der Waals surface area (Å²) in [6.07, 6.45) is 0. The molecule has 7 heteroatoms. The molecule has 0 aliphatic heterocycles. The van der Waals surface area contributed by atoms with Gasteiger partial charge in [-0.15, -0.1) is 11.3 Å². The summed E-state index contributed by atoms with van der Waals surface area (Å²) in [6.45, 7) is 2.00. The summed E-state index contributed by atoms with van der Waals surface area (Å²) in [5.74, 6) is 0.0954. The van der Waals surface area contributed by atoms with Crippen molar-refractivity contribution in [3.8, 4) is 17.0 Å². The van der Waals surface area contributed by atoms with E-state index in [0.717, 1.165) is 28.0 Å². The van der Waals surface area contributed by atoms with Crippen LogP contribution in [0.3, 0.4) is 0 Å². The SMILES string of the molecule is COc1ccc(C)cc1-c1csc(NC(=O)c2cc3ccc(F)cc3n2C)n1. The van der Waals surface area contributed by atoms with Crippen LogP contribution >= 0.6 is 11.3 Å². The summed E-state index contributed by atoms with van der Waals surface area (Å²) in [4.78, 5) is 17.3. The molecule has 28 heavy (non-hydrogen) atoms. The molecule has 0 spiro atoms. The van der Waals surface area contributed by atoms with Crippen LogP contribution in [-0.2, 0) is 7.05 Å². The number of halogens is 1. The van der Waals surface area contributed by atoms with Crippen LogP contribution in [0.15, 0.2) is 47.8 Å². The van der Waals surface area contributed by atoms with Gasteiger partial charge in [-0.1, -0.05) is 11.6 Å². The molecule has 0 fully saturated rings. The van der Waals surface area contributed by atoms with E-state index in [1.807, 2.05) is 30.5 Å². The third-order valence-electron chi connectivity index (χ3n) is 4.60. The number of aryl methyl sites for hydroxylation is 2. The van der Waals surface area contributed by atoms with Crippen LogP contribution in [0.25, 0.3) is 22.2 Å². The smallest absolute Gasteiger partial charge is 0.274 e. The van der Waals surface area contributed by atoms with Gasteiger partial charge in [0.25, 0.3) is 5.91 Å². The number of carbonyl (C=O) groups is 1. The van der Waals surface area contributed by atoms with Gasteiger partial charge in [-0.05, 0) is 43.3 Å². The first-order valence-electron chi connectivity index (χ1n) is 8.63. The van der Waals surface area contributed by atoms with Gasteiger partial charge in [0.15, 0.2) is 5.13 Å². The van der Waals surface area contributed by atoms with E-state index >= 15 is 0 Å². The maximum absolute atomic E-state index is 13.5. The third-order valence-corrected chi connectivity index (χ3v) is 5.35. The summed E-state index contributed by atoms with van der Waals surface area (Å²) in [7, 11) is 3.35. The fourth-order valence-corrected chi connectivity index (χ4v) is 3.86. The Morgan fingerprint density at radius 3 is 2.82 bits per heavy atom. The molecule has 0 saturated carbocycles. The van der Waals surface area contributed by atoms with Crippen LogP contribution < -0.4 is 10.1 Å². The summed E-state index contributed by atoms with van der Waals surface area (Å²) >= 11 is 1.34. The maximum Gasteiger partial charge on any atom is 0.274 e. The van der Waals surface area contributed by atoms with Crippen molar-refractivity contribution in [2.75, 3.05) is 12.4 Å². The van der Waals surface area contributed by atoms with Gasteiger partial charge in [-0.25, -0.2) is 9.37 Å². The van der Waals surface area contributed by atoms with Gasteiger partial charge >= 0.3 is 0 Å². The number of amides is 1. The lowest BCUT2D eigenvalue weighted by atomic mass is 10.1. The van der Waals surface area contributed by atoms with E-state index in [9.17, 15) is 9.18 Å². The standard InChI is InChI=1S/C21H18FN3O2S/c1-12-4-7-19(27-3)15(8-12)16-11-28-21(23-16)24-20(26)18-9-13-5-6-14(22)10-17(13)25(18)2/h4-11H,1-3H3,(H,23,24,26). The zero-order valence-electron chi connectivity index (χ0n) is 15.6. The molecule has 2 aromatic heterocycles. The lowest BCUT2D eigenvalue weighted by molar-refractivity contribution is 0.101. The predicted molar refractivity (Wildman–Crippen MR) is 110 cm³/mol. The molecule has 0 aliphatic rings. The van der Waals surface area contributed by atoms with E-state index in [1.165, 1.54) is 23.5 Å². The van der Waals surface area contributed by atoms with Crippen LogP contribution in [0.4, 0.5) is 9.52 Å². The van der Waals surface area contributed by atoms with Crippen LogP contribution in [0.1, 0.15) is 16.1 Å². The number of ether oxygens (including phenoxy) is 1. The van der Waals surface area contributed by atoms with E-state index in [1.54, 1.807) is 30.9 Å². The highest BCUT2D eigenvalue weighted by Crippen LogP contribution is 2.33. The molecule has 0 saturated heterocycles. The Morgan fingerprint density at radius 1 is 1.21 bits per heavy atom. The molecule has 142 valence electrons. The Hall–Kier alpha value is -3.19. The molecular weight excluding hydrogens is 377 g/mol. The Balaban J connectivity index is 1.62. The Bertz CT molecular complexity index is 1200. The summed E-state index contributed by atoms with van der Waals surface area (Å²) in [5, 5.41) is 6.00. The molecule has 1 amide bonds. The minimum atomic E-state index is -0.336. The molecule has 0 atom stereocenters. The van der Waals surface area contributed by atoms with Crippen molar-refractivity contribution in [1.82, 2.24) is 9.55 Å². The fraction of sp³-hybridized carbons (Fsp3) is 0.143. The Kier molecular flexibility index (Phi) is 4.60. The fourth-order valence-electron chi connectivity index (χ4n) is 3.16. The lowest BCUT2D eigenvalue weighted by Gasteiger charge is -2.07. The molecule has 0 unspecified atom stereocenters. The second-order valence-electron chi connectivity index (χ2n) is 6.49. The number of anilines is 1.